The topological polar surface area (TPSA) is 15.3 Å². The number of rotatable bonds is 1. The molecule has 0 aromatic rings. The minimum Gasteiger partial charge on any atom is -0.378 e. The largest absolute Gasteiger partial charge is 0.378 e. The van der Waals surface area contributed by atoms with Crippen molar-refractivity contribution in [3.8, 4) is 0 Å². The quantitative estimate of drug-likeness (QED) is 0.659. The van der Waals surface area contributed by atoms with Crippen molar-refractivity contribution >= 4 is 0 Å². The van der Waals surface area contributed by atoms with Crippen LogP contribution in [0.3, 0.4) is 0 Å². The molecule has 74 valence electrons. The Morgan fingerprint density at radius 3 is 2.23 bits per heavy atom. The molecule has 0 unspecified atom stereocenters. The second-order valence-corrected chi connectivity index (χ2v) is 4.47. The Hall–Kier alpha value is -0.500. The van der Waals surface area contributed by atoms with Crippen molar-refractivity contribution in [3.63, 3.8) is 0 Å². The number of nitrogens with one attached hydrogen (secondary N) is 1. The van der Waals surface area contributed by atoms with E-state index in [0.717, 1.165) is 0 Å². The summed E-state index contributed by atoms with van der Waals surface area (Å²) in [7, 11) is 0. The van der Waals surface area contributed by atoms with Crippen LogP contribution < -0.4 is 5.32 Å². The Bertz CT molecular complexity index is 173. The normalized spacial score (nSPS) is 27.5. The predicted molar refractivity (Wildman–Crippen MR) is 55.5 cm³/mol. The third-order valence-corrected chi connectivity index (χ3v) is 3.78. The van der Waals surface area contributed by atoms with Crippen LogP contribution in [0.15, 0.2) is 12.8 Å². The highest BCUT2D eigenvalue weighted by Gasteiger charge is 2.34. The lowest BCUT2D eigenvalue weighted by molar-refractivity contribution is 0.0972. The first-order valence-corrected chi connectivity index (χ1v) is 5.42. The van der Waals surface area contributed by atoms with E-state index in [9.17, 15) is 0 Å². The second-order valence-electron chi connectivity index (χ2n) is 4.47. The fourth-order valence-electron chi connectivity index (χ4n) is 2.64. The average molecular weight is 180 g/mol. The Balaban J connectivity index is 1.91. The van der Waals surface area contributed by atoms with E-state index in [2.05, 4.69) is 16.8 Å². The molecule has 2 aliphatic rings. The van der Waals surface area contributed by atoms with Gasteiger partial charge >= 0.3 is 0 Å². The minimum absolute atomic E-state index is 0.685. The molecular formula is C11H20N2. The first-order chi connectivity index (χ1) is 6.35. The Morgan fingerprint density at radius 2 is 1.69 bits per heavy atom. The van der Waals surface area contributed by atoms with Crippen LogP contribution >= 0.6 is 0 Å². The fraction of sp³-hybridized carbons (Fsp3) is 0.818. The van der Waals surface area contributed by atoms with E-state index in [4.69, 9.17) is 0 Å². The van der Waals surface area contributed by atoms with Gasteiger partial charge in [0.1, 0.15) is 0 Å². The summed E-state index contributed by atoms with van der Waals surface area (Å²) in [5.41, 5.74) is 0.685. The molecule has 2 heteroatoms. The van der Waals surface area contributed by atoms with E-state index in [1.165, 1.54) is 51.9 Å². The van der Waals surface area contributed by atoms with Crippen molar-refractivity contribution < 1.29 is 0 Å². The fourth-order valence-corrected chi connectivity index (χ4v) is 2.64. The summed E-state index contributed by atoms with van der Waals surface area (Å²) in [5, 5.41) is 3.45. The van der Waals surface area contributed by atoms with Gasteiger partial charge in [-0.25, -0.2) is 0 Å². The van der Waals surface area contributed by atoms with E-state index >= 15 is 0 Å². The average Bonchev–Trinajstić information content (AvgIpc) is 2.20. The van der Waals surface area contributed by atoms with E-state index in [-0.39, 0.29) is 0 Å². The molecule has 0 radical (unpaired) electrons. The van der Waals surface area contributed by atoms with Crippen molar-refractivity contribution in [1.29, 1.82) is 0 Å². The van der Waals surface area contributed by atoms with Gasteiger partial charge in [-0.1, -0.05) is 6.58 Å². The first kappa shape index (κ1) is 9.07. The van der Waals surface area contributed by atoms with Crippen molar-refractivity contribution in [2.75, 3.05) is 26.2 Å². The van der Waals surface area contributed by atoms with Gasteiger partial charge in [-0.2, -0.15) is 0 Å². The summed E-state index contributed by atoms with van der Waals surface area (Å²) >= 11 is 0. The summed E-state index contributed by atoms with van der Waals surface area (Å²) in [5.74, 6) is 0. The van der Waals surface area contributed by atoms with Gasteiger partial charge in [0, 0.05) is 13.1 Å². The number of nitrogens with zero attached hydrogens (tertiary/aromatic N) is 1. The van der Waals surface area contributed by atoms with Crippen LogP contribution in [-0.4, -0.2) is 31.1 Å². The third kappa shape index (κ3) is 1.88. The van der Waals surface area contributed by atoms with Gasteiger partial charge in [0.15, 0.2) is 0 Å². The van der Waals surface area contributed by atoms with Gasteiger partial charge in [0.25, 0.3) is 0 Å². The van der Waals surface area contributed by atoms with Gasteiger partial charge < -0.3 is 10.2 Å². The van der Waals surface area contributed by atoms with Crippen LogP contribution in [0.5, 0.6) is 0 Å². The molecule has 0 aromatic carbocycles. The maximum atomic E-state index is 3.83. The van der Waals surface area contributed by atoms with Crippen LogP contribution in [-0.2, 0) is 0 Å². The smallest absolute Gasteiger partial charge is 0.0177 e. The first-order valence-electron chi connectivity index (χ1n) is 5.42. The van der Waals surface area contributed by atoms with E-state index in [1.807, 2.05) is 6.20 Å². The zero-order chi connectivity index (χ0) is 9.15. The summed E-state index contributed by atoms with van der Waals surface area (Å²) in [6, 6.07) is 0. The molecule has 1 spiro atoms. The standard InChI is InChI=1S/C11H20N2/c1-2-13-9-5-11(6-10-13)3-7-12-8-4-11/h2,12H,1,3-10H2. The maximum absolute atomic E-state index is 3.83. The predicted octanol–water partition coefficient (Wildman–Crippen LogP) is 1.60. The molecule has 13 heavy (non-hydrogen) atoms. The highest BCUT2D eigenvalue weighted by molar-refractivity contribution is 4.91. The summed E-state index contributed by atoms with van der Waals surface area (Å²) in [4.78, 5) is 2.35. The molecule has 2 saturated heterocycles. The summed E-state index contributed by atoms with van der Waals surface area (Å²) < 4.78 is 0. The van der Waals surface area contributed by atoms with Gasteiger partial charge in [-0.15, -0.1) is 0 Å². The van der Waals surface area contributed by atoms with Gasteiger partial charge in [-0.05, 0) is 50.4 Å². The second kappa shape index (κ2) is 3.70. The highest BCUT2D eigenvalue weighted by Crippen LogP contribution is 2.39. The van der Waals surface area contributed by atoms with Crippen LogP contribution in [0.25, 0.3) is 0 Å². The van der Waals surface area contributed by atoms with Gasteiger partial charge in [0.05, 0.1) is 0 Å². The Labute approximate surface area is 81.0 Å². The molecule has 2 nitrogen and oxygen atoms in total. The van der Waals surface area contributed by atoms with Crippen molar-refractivity contribution in [1.82, 2.24) is 10.2 Å². The van der Waals surface area contributed by atoms with Crippen molar-refractivity contribution in [3.05, 3.63) is 12.8 Å². The zero-order valence-corrected chi connectivity index (χ0v) is 8.39. The number of hydrogen-bond acceptors (Lipinski definition) is 2. The molecule has 0 aromatic heterocycles. The summed E-state index contributed by atoms with van der Waals surface area (Å²) in [6.07, 6.45) is 7.52. The van der Waals surface area contributed by atoms with Crippen molar-refractivity contribution in [2.45, 2.75) is 25.7 Å². The highest BCUT2D eigenvalue weighted by atomic mass is 15.1. The molecule has 0 bridgehead atoms. The number of piperidine rings is 2. The lowest BCUT2D eigenvalue weighted by Gasteiger charge is -2.44. The molecule has 0 aliphatic carbocycles. The molecule has 2 heterocycles. The molecule has 2 aliphatic heterocycles. The molecule has 2 rings (SSSR count). The maximum Gasteiger partial charge on any atom is 0.0177 e. The van der Waals surface area contributed by atoms with E-state index < -0.39 is 0 Å². The van der Waals surface area contributed by atoms with Crippen LogP contribution in [0.2, 0.25) is 0 Å². The van der Waals surface area contributed by atoms with Crippen LogP contribution in [0.4, 0.5) is 0 Å². The van der Waals surface area contributed by atoms with E-state index in [0.29, 0.717) is 5.41 Å². The molecule has 0 atom stereocenters. The molecule has 2 fully saturated rings. The van der Waals surface area contributed by atoms with E-state index in [1.54, 1.807) is 0 Å². The molecule has 0 amide bonds. The lowest BCUT2D eigenvalue weighted by atomic mass is 9.72. The molecule has 1 N–H and O–H groups in total. The van der Waals surface area contributed by atoms with Gasteiger partial charge in [-0.3, -0.25) is 0 Å². The monoisotopic (exact) mass is 180 g/mol. The van der Waals surface area contributed by atoms with Crippen molar-refractivity contribution in [2.24, 2.45) is 5.41 Å². The van der Waals surface area contributed by atoms with Crippen LogP contribution in [0.1, 0.15) is 25.7 Å². The third-order valence-electron chi connectivity index (χ3n) is 3.78. The molecule has 0 saturated carbocycles. The van der Waals surface area contributed by atoms with Crippen LogP contribution in [0, 0.1) is 5.41 Å². The number of likely N-dealkylation sites (tertiary alicyclic amines) is 1. The minimum atomic E-state index is 0.685. The number of hydrogen-bond donors (Lipinski definition) is 1. The lowest BCUT2D eigenvalue weighted by Crippen LogP contribution is -2.43. The van der Waals surface area contributed by atoms with Gasteiger partial charge in [0.2, 0.25) is 0 Å². The zero-order valence-electron chi connectivity index (χ0n) is 8.39. The SMILES string of the molecule is C=CN1CCC2(CCNCC2)CC1. The Morgan fingerprint density at radius 1 is 1.08 bits per heavy atom. The molecular weight excluding hydrogens is 160 g/mol. The Kier molecular flexibility index (Phi) is 2.58. The summed E-state index contributed by atoms with van der Waals surface area (Å²) in [6.45, 7) is 8.74.